The Morgan fingerprint density at radius 3 is 2.56 bits per heavy atom. The van der Waals surface area contributed by atoms with Crippen LogP contribution >= 0.6 is 10.8 Å². The molecule has 0 aliphatic carbocycles. The molecule has 1 unspecified atom stereocenters. The molecule has 4 heteroatoms. The van der Waals surface area contributed by atoms with Gasteiger partial charge < -0.3 is 0 Å². The van der Waals surface area contributed by atoms with Gasteiger partial charge in [-0.3, -0.25) is 0 Å². The zero-order valence-corrected chi connectivity index (χ0v) is 7.97. The van der Waals surface area contributed by atoms with E-state index < -0.39 is 6.18 Å². The van der Waals surface area contributed by atoms with Crippen LogP contribution in [0.2, 0.25) is 0 Å². The maximum absolute atomic E-state index is 5.20. The van der Waals surface area contributed by atoms with Crippen LogP contribution in [0, 0.1) is 12.3 Å². The molecule has 1 rings (SSSR count). The lowest BCUT2D eigenvalue weighted by atomic mass is 10.3. The third kappa shape index (κ3) is 2.08. The van der Waals surface area contributed by atoms with E-state index in [2.05, 4.69) is 5.92 Å². The molecule has 0 aromatic rings. The van der Waals surface area contributed by atoms with Crippen LogP contribution < -0.4 is 0 Å². The van der Waals surface area contributed by atoms with Crippen molar-refractivity contribution in [2.24, 2.45) is 0 Å². The highest BCUT2D eigenvalue weighted by molar-refractivity contribution is 8.98. The smallest absolute Gasteiger partial charge is 0.0771 e. The molecule has 0 aromatic heterocycles. The van der Waals surface area contributed by atoms with Crippen molar-refractivity contribution in [3.05, 3.63) is 0 Å². The van der Waals surface area contributed by atoms with Gasteiger partial charge in [-0.2, -0.15) is 0 Å². The van der Waals surface area contributed by atoms with E-state index in [4.69, 9.17) is 28.8 Å². The molecule has 9 heavy (non-hydrogen) atoms. The van der Waals surface area contributed by atoms with Crippen molar-refractivity contribution in [1.82, 2.24) is 0 Å². The molecule has 0 N–H and O–H groups in total. The molecule has 0 nitrogen and oxygen atoms in total. The second-order valence-electron chi connectivity index (χ2n) is 1.80. The van der Waals surface area contributed by atoms with Gasteiger partial charge in [-0.05, 0) is 35.0 Å². The topological polar surface area (TPSA) is 0 Å². The van der Waals surface area contributed by atoms with Gasteiger partial charge in [0.15, 0.2) is 0 Å². The molecule has 0 amide bonds. The summed E-state index contributed by atoms with van der Waals surface area (Å²) in [6.07, 6.45) is 5.07. The number of terminal acetylenes is 1. The lowest BCUT2D eigenvalue weighted by Gasteiger charge is -1.95. The lowest BCUT2D eigenvalue weighted by Crippen LogP contribution is -1.88. The molecule has 1 heterocycles. The fraction of sp³-hybridized carbons (Fsp3) is 0.600. The van der Waals surface area contributed by atoms with Crippen LogP contribution in [0.25, 0.3) is 0 Å². The van der Waals surface area contributed by atoms with Crippen LogP contribution in [0.15, 0.2) is 0 Å². The molecule has 0 radical (unpaired) electrons. The maximum atomic E-state index is 5.20. The van der Waals surface area contributed by atoms with Crippen molar-refractivity contribution in [3.63, 3.8) is 0 Å². The standard InChI is InChI=1S/C5H6S4/c1-2-5-3-4-9(6,7)8-5/h1,5H,3-4H2. The summed E-state index contributed by atoms with van der Waals surface area (Å²) in [6, 6.07) is 0. The molecule has 1 aliphatic rings. The number of hydrogen-bond acceptors (Lipinski definition) is 3. The molecular weight excluding hydrogens is 188 g/mol. The highest BCUT2D eigenvalue weighted by Gasteiger charge is 2.20. The zero-order chi connectivity index (χ0) is 6.91. The van der Waals surface area contributed by atoms with Gasteiger partial charge in [-0.1, -0.05) is 16.7 Å². The minimum atomic E-state index is -1.17. The van der Waals surface area contributed by atoms with Crippen molar-refractivity contribution in [1.29, 1.82) is 0 Å². The highest BCUT2D eigenvalue weighted by Crippen LogP contribution is 2.31. The zero-order valence-electron chi connectivity index (χ0n) is 4.70. The summed E-state index contributed by atoms with van der Waals surface area (Å²) in [7, 11) is 1.64. The van der Waals surface area contributed by atoms with Crippen molar-refractivity contribution >= 4 is 39.3 Å². The van der Waals surface area contributed by atoms with E-state index in [9.17, 15) is 0 Å². The van der Waals surface area contributed by atoms with Crippen molar-refractivity contribution in [2.75, 3.05) is 5.75 Å². The van der Waals surface area contributed by atoms with E-state index in [0.29, 0.717) is 5.25 Å². The fourth-order valence-electron chi connectivity index (χ4n) is 0.636. The predicted molar refractivity (Wildman–Crippen MR) is 51.8 cm³/mol. The molecule has 1 saturated heterocycles. The van der Waals surface area contributed by atoms with Gasteiger partial charge in [0.2, 0.25) is 0 Å². The van der Waals surface area contributed by atoms with Gasteiger partial charge in [0.1, 0.15) is 0 Å². The minimum Gasteiger partial charge on any atom is -0.119 e. The monoisotopic (exact) mass is 194 g/mol. The van der Waals surface area contributed by atoms with Crippen molar-refractivity contribution in [2.45, 2.75) is 11.7 Å². The second kappa shape index (κ2) is 2.75. The minimum absolute atomic E-state index is 0.315. The molecule has 0 aromatic carbocycles. The Kier molecular flexibility index (Phi) is 2.38. The van der Waals surface area contributed by atoms with Crippen LogP contribution in [0.5, 0.6) is 0 Å². The van der Waals surface area contributed by atoms with E-state index in [0.717, 1.165) is 12.2 Å². The average molecular weight is 194 g/mol. The van der Waals surface area contributed by atoms with Crippen LogP contribution in [0.3, 0.4) is 0 Å². The summed E-state index contributed by atoms with van der Waals surface area (Å²) >= 11 is 10.2. The van der Waals surface area contributed by atoms with Crippen LogP contribution in [0.1, 0.15) is 6.42 Å². The first-order valence-electron chi connectivity index (χ1n) is 2.51. The Balaban J connectivity index is 2.72. The number of rotatable bonds is 0. The summed E-state index contributed by atoms with van der Waals surface area (Å²) in [5.41, 5.74) is 0. The van der Waals surface area contributed by atoms with Crippen LogP contribution in [-0.4, -0.2) is 11.0 Å². The Hall–Kier alpha value is 0.700. The van der Waals surface area contributed by atoms with Crippen LogP contribution in [-0.2, 0) is 28.6 Å². The first kappa shape index (κ1) is 7.80. The molecule has 0 saturated carbocycles. The Labute approximate surface area is 69.0 Å². The highest BCUT2D eigenvalue weighted by atomic mass is 33.5. The first-order valence-corrected chi connectivity index (χ1v) is 7.56. The SMILES string of the molecule is C#CC1CCS(=S)(=S)S1. The molecule has 50 valence electrons. The van der Waals surface area contributed by atoms with Gasteiger partial charge in [0.25, 0.3) is 0 Å². The lowest BCUT2D eigenvalue weighted by molar-refractivity contribution is 1.04. The van der Waals surface area contributed by atoms with Crippen molar-refractivity contribution < 1.29 is 0 Å². The molecule has 0 spiro atoms. The normalized spacial score (nSPS) is 31.7. The Morgan fingerprint density at radius 2 is 2.33 bits per heavy atom. The fourth-order valence-corrected chi connectivity index (χ4v) is 6.41. The third-order valence-electron chi connectivity index (χ3n) is 1.08. The Bertz CT molecular complexity index is 230. The molecule has 0 bridgehead atoms. The quantitative estimate of drug-likeness (QED) is 0.419. The largest absolute Gasteiger partial charge is 0.119 e. The van der Waals surface area contributed by atoms with Crippen molar-refractivity contribution in [3.8, 4) is 12.3 Å². The summed E-state index contributed by atoms with van der Waals surface area (Å²) in [5.74, 6) is 3.65. The second-order valence-corrected chi connectivity index (χ2v) is 11.7. The summed E-state index contributed by atoms with van der Waals surface area (Å²) in [6.45, 7) is 0. The molecular formula is C5H6S4. The summed E-state index contributed by atoms with van der Waals surface area (Å²) in [4.78, 5) is 0. The van der Waals surface area contributed by atoms with E-state index >= 15 is 0 Å². The molecule has 1 atom stereocenters. The van der Waals surface area contributed by atoms with Gasteiger partial charge in [-0.25, -0.2) is 0 Å². The summed E-state index contributed by atoms with van der Waals surface area (Å²) < 4.78 is 0. The first-order chi connectivity index (χ1) is 4.14. The third-order valence-corrected chi connectivity index (χ3v) is 7.20. The average Bonchev–Trinajstić information content (AvgIpc) is 2.10. The van der Waals surface area contributed by atoms with Gasteiger partial charge >= 0.3 is 0 Å². The van der Waals surface area contributed by atoms with E-state index in [-0.39, 0.29) is 0 Å². The van der Waals surface area contributed by atoms with Gasteiger partial charge in [-0.15, -0.1) is 6.42 Å². The van der Waals surface area contributed by atoms with Crippen LogP contribution in [0.4, 0.5) is 0 Å². The van der Waals surface area contributed by atoms with E-state index in [1.165, 1.54) is 0 Å². The molecule has 1 aliphatic heterocycles. The van der Waals surface area contributed by atoms with Gasteiger partial charge in [0.05, 0.1) is 5.25 Å². The summed E-state index contributed by atoms with van der Waals surface area (Å²) in [5, 5.41) is 0.315. The molecule has 1 fully saturated rings. The van der Waals surface area contributed by atoms with E-state index in [1.807, 2.05) is 0 Å². The Morgan fingerprint density at radius 1 is 1.67 bits per heavy atom. The number of hydrogen-bond donors (Lipinski definition) is 0. The van der Waals surface area contributed by atoms with E-state index in [1.54, 1.807) is 10.8 Å². The van der Waals surface area contributed by atoms with Gasteiger partial charge in [0, 0.05) is 5.75 Å². The maximum Gasteiger partial charge on any atom is 0.0771 e. The predicted octanol–water partition coefficient (Wildman–Crippen LogP) is 1.12.